The predicted octanol–water partition coefficient (Wildman–Crippen LogP) is 1.47. The van der Waals surface area contributed by atoms with Crippen molar-refractivity contribution in [3.63, 3.8) is 0 Å². The molecular weight excluding hydrogens is 278 g/mol. The summed E-state index contributed by atoms with van der Waals surface area (Å²) in [5.41, 5.74) is 1.29. The molecule has 2 fully saturated rings. The van der Waals surface area contributed by atoms with E-state index >= 15 is 0 Å². The molecule has 0 radical (unpaired) electrons. The molecule has 22 heavy (non-hydrogen) atoms. The lowest BCUT2D eigenvalue weighted by atomic mass is 9.96. The summed E-state index contributed by atoms with van der Waals surface area (Å²) in [4.78, 5) is 6.67. The van der Waals surface area contributed by atoms with Gasteiger partial charge in [0.2, 0.25) is 0 Å². The van der Waals surface area contributed by atoms with Crippen LogP contribution in [0.2, 0.25) is 0 Å². The van der Waals surface area contributed by atoms with Gasteiger partial charge in [-0.25, -0.2) is 0 Å². The van der Waals surface area contributed by atoms with E-state index in [1.807, 2.05) is 12.4 Å². The van der Waals surface area contributed by atoms with Gasteiger partial charge in [-0.05, 0) is 31.0 Å². The molecule has 0 unspecified atom stereocenters. The summed E-state index contributed by atoms with van der Waals surface area (Å²) in [5.74, 6) is 0.634. The highest BCUT2D eigenvalue weighted by atomic mass is 16.5. The van der Waals surface area contributed by atoms with Gasteiger partial charge in [0.1, 0.15) is 0 Å². The molecule has 2 aliphatic rings. The van der Waals surface area contributed by atoms with E-state index in [9.17, 15) is 0 Å². The molecule has 1 aromatic rings. The number of morpholine rings is 1. The minimum absolute atomic E-state index is 0.342. The zero-order valence-corrected chi connectivity index (χ0v) is 13.4. The Kier molecular flexibility index (Phi) is 5.78. The Labute approximate surface area is 133 Å². The SMILES string of the molecule is C[C@H](NC[C@H]([C@H]1CCOC1)N1CCOCC1)c1ccncc1. The van der Waals surface area contributed by atoms with Crippen molar-refractivity contribution in [2.24, 2.45) is 5.92 Å². The van der Waals surface area contributed by atoms with E-state index in [0.717, 1.165) is 46.1 Å². The number of pyridine rings is 1. The first-order valence-corrected chi connectivity index (χ1v) is 8.37. The largest absolute Gasteiger partial charge is 0.381 e. The molecule has 3 atom stereocenters. The zero-order valence-electron chi connectivity index (χ0n) is 13.4. The number of ether oxygens (including phenoxy) is 2. The van der Waals surface area contributed by atoms with Crippen LogP contribution in [0.25, 0.3) is 0 Å². The van der Waals surface area contributed by atoms with Gasteiger partial charge >= 0.3 is 0 Å². The summed E-state index contributed by atoms with van der Waals surface area (Å²) in [7, 11) is 0. The predicted molar refractivity (Wildman–Crippen MR) is 85.8 cm³/mol. The first-order chi connectivity index (χ1) is 10.8. The van der Waals surface area contributed by atoms with Gasteiger partial charge in [0, 0.05) is 56.6 Å². The van der Waals surface area contributed by atoms with Gasteiger partial charge in [-0.2, -0.15) is 0 Å². The lowest BCUT2D eigenvalue weighted by Crippen LogP contribution is -2.51. The summed E-state index contributed by atoms with van der Waals surface area (Å²) in [5, 5.41) is 3.71. The van der Waals surface area contributed by atoms with Crippen LogP contribution >= 0.6 is 0 Å². The van der Waals surface area contributed by atoms with Gasteiger partial charge in [0.15, 0.2) is 0 Å². The molecule has 0 aromatic carbocycles. The van der Waals surface area contributed by atoms with Crippen molar-refractivity contribution in [1.29, 1.82) is 0 Å². The first-order valence-electron chi connectivity index (χ1n) is 8.37. The number of hydrogen-bond donors (Lipinski definition) is 1. The van der Waals surface area contributed by atoms with E-state index in [1.165, 1.54) is 12.0 Å². The average Bonchev–Trinajstić information content (AvgIpc) is 3.11. The molecule has 0 amide bonds. The molecule has 0 saturated carbocycles. The summed E-state index contributed by atoms with van der Waals surface area (Å²) < 4.78 is 11.1. The van der Waals surface area contributed by atoms with Gasteiger partial charge in [0.05, 0.1) is 19.8 Å². The minimum Gasteiger partial charge on any atom is -0.381 e. The number of nitrogens with zero attached hydrogens (tertiary/aromatic N) is 2. The van der Waals surface area contributed by atoms with E-state index in [4.69, 9.17) is 9.47 Å². The van der Waals surface area contributed by atoms with Crippen LogP contribution in [0.1, 0.15) is 24.9 Å². The molecule has 2 aliphatic heterocycles. The Bertz CT molecular complexity index is 431. The Morgan fingerprint density at radius 2 is 2.00 bits per heavy atom. The quantitative estimate of drug-likeness (QED) is 0.862. The van der Waals surface area contributed by atoms with Crippen LogP contribution in [0.15, 0.2) is 24.5 Å². The Hall–Kier alpha value is -1.01. The maximum absolute atomic E-state index is 5.63. The Morgan fingerprint density at radius 3 is 2.68 bits per heavy atom. The van der Waals surface area contributed by atoms with E-state index in [-0.39, 0.29) is 0 Å². The number of hydrogen-bond acceptors (Lipinski definition) is 5. The standard InChI is InChI=1S/C17H27N3O2/c1-14(15-2-5-18-6-3-15)19-12-17(16-4-9-22-13-16)20-7-10-21-11-8-20/h2-3,5-6,14,16-17,19H,4,7-13H2,1H3/t14-,16-,17+/m0/s1. The third-order valence-electron chi connectivity index (χ3n) is 4.86. The van der Waals surface area contributed by atoms with Crippen LogP contribution < -0.4 is 5.32 Å². The third-order valence-corrected chi connectivity index (χ3v) is 4.86. The molecule has 0 spiro atoms. The van der Waals surface area contributed by atoms with Crippen LogP contribution in [0.3, 0.4) is 0 Å². The zero-order chi connectivity index (χ0) is 15.2. The Balaban J connectivity index is 1.59. The molecule has 5 heteroatoms. The van der Waals surface area contributed by atoms with Crippen molar-refractivity contribution in [1.82, 2.24) is 15.2 Å². The van der Waals surface area contributed by atoms with Crippen molar-refractivity contribution < 1.29 is 9.47 Å². The monoisotopic (exact) mass is 305 g/mol. The van der Waals surface area contributed by atoms with Crippen LogP contribution in [-0.2, 0) is 9.47 Å². The number of rotatable bonds is 6. The van der Waals surface area contributed by atoms with Crippen LogP contribution in [0.4, 0.5) is 0 Å². The number of aromatic nitrogens is 1. The lowest BCUT2D eigenvalue weighted by molar-refractivity contribution is 0.000912. The van der Waals surface area contributed by atoms with Crippen LogP contribution in [0.5, 0.6) is 0 Å². The molecule has 0 bridgehead atoms. The van der Waals surface area contributed by atoms with Crippen molar-refractivity contribution in [3.8, 4) is 0 Å². The summed E-state index contributed by atoms with van der Waals surface area (Å²) in [6.07, 6.45) is 4.89. The molecule has 5 nitrogen and oxygen atoms in total. The summed E-state index contributed by atoms with van der Waals surface area (Å²) >= 11 is 0. The highest BCUT2D eigenvalue weighted by molar-refractivity contribution is 5.14. The van der Waals surface area contributed by atoms with Crippen molar-refractivity contribution >= 4 is 0 Å². The fourth-order valence-electron chi connectivity index (χ4n) is 3.43. The van der Waals surface area contributed by atoms with E-state index in [0.29, 0.717) is 18.0 Å². The smallest absolute Gasteiger partial charge is 0.0594 e. The molecule has 1 aromatic heterocycles. The maximum atomic E-state index is 5.63. The van der Waals surface area contributed by atoms with Gasteiger partial charge in [-0.3, -0.25) is 9.88 Å². The maximum Gasteiger partial charge on any atom is 0.0594 e. The van der Waals surface area contributed by atoms with Crippen molar-refractivity contribution in [3.05, 3.63) is 30.1 Å². The average molecular weight is 305 g/mol. The lowest BCUT2D eigenvalue weighted by Gasteiger charge is -2.38. The Morgan fingerprint density at radius 1 is 1.23 bits per heavy atom. The fraction of sp³-hybridized carbons (Fsp3) is 0.706. The first kappa shape index (κ1) is 15.9. The minimum atomic E-state index is 0.342. The molecule has 3 heterocycles. The number of nitrogens with one attached hydrogen (secondary N) is 1. The normalized spacial score (nSPS) is 26.0. The highest BCUT2D eigenvalue weighted by Crippen LogP contribution is 2.22. The van der Waals surface area contributed by atoms with Crippen molar-refractivity contribution in [2.75, 3.05) is 46.1 Å². The van der Waals surface area contributed by atoms with Gasteiger partial charge in [0.25, 0.3) is 0 Å². The van der Waals surface area contributed by atoms with Gasteiger partial charge in [-0.15, -0.1) is 0 Å². The third kappa shape index (κ3) is 4.04. The molecule has 0 aliphatic carbocycles. The van der Waals surface area contributed by atoms with Gasteiger partial charge < -0.3 is 14.8 Å². The van der Waals surface area contributed by atoms with E-state index in [2.05, 4.69) is 34.3 Å². The van der Waals surface area contributed by atoms with Crippen LogP contribution in [-0.4, -0.2) is 62.0 Å². The van der Waals surface area contributed by atoms with Gasteiger partial charge in [-0.1, -0.05) is 0 Å². The molecule has 122 valence electrons. The second kappa shape index (κ2) is 8.02. The van der Waals surface area contributed by atoms with Crippen molar-refractivity contribution in [2.45, 2.75) is 25.4 Å². The van der Waals surface area contributed by atoms with E-state index < -0.39 is 0 Å². The van der Waals surface area contributed by atoms with E-state index in [1.54, 1.807) is 0 Å². The second-order valence-electron chi connectivity index (χ2n) is 6.25. The molecule has 3 rings (SSSR count). The summed E-state index contributed by atoms with van der Waals surface area (Å²) in [6, 6.07) is 5.05. The highest BCUT2D eigenvalue weighted by Gasteiger charge is 2.31. The summed E-state index contributed by atoms with van der Waals surface area (Å²) in [6.45, 7) is 8.79. The second-order valence-corrected chi connectivity index (χ2v) is 6.25. The fourth-order valence-corrected chi connectivity index (χ4v) is 3.43. The van der Waals surface area contributed by atoms with Crippen LogP contribution in [0, 0.1) is 5.92 Å². The molecule has 1 N–H and O–H groups in total. The molecular formula is C17H27N3O2. The topological polar surface area (TPSA) is 46.6 Å². The molecule has 2 saturated heterocycles.